The Morgan fingerprint density at radius 3 is 2.20 bits per heavy atom. The van der Waals surface area contributed by atoms with Gasteiger partial charge in [0.1, 0.15) is 5.82 Å². The number of rotatable bonds is 5. The first-order valence-electron chi connectivity index (χ1n) is 6.32. The number of halogens is 2. The van der Waals surface area contributed by atoms with Gasteiger partial charge in [-0.1, -0.05) is 48.0 Å². The van der Waals surface area contributed by atoms with Crippen molar-refractivity contribution < 1.29 is 14.6 Å². The third-order valence-electron chi connectivity index (χ3n) is 3.54. The van der Waals surface area contributed by atoms with Crippen molar-refractivity contribution in [1.29, 1.82) is 0 Å². The predicted molar refractivity (Wildman–Crippen MR) is 77.4 cm³/mol. The van der Waals surface area contributed by atoms with E-state index in [4.69, 9.17) is 11.6 Å². The molecule has 2 aromatic carbocycles. The quantitative estimate of drug-likeness (QED) is 0.890. The van der Waals surface area contributed by atoms with Crippen molar-refractivity contribution in [1.82, 2.24) is 0 Å². The molecule has 0 aliphatic heterocycles. The molecular formula is C16H16ClFO2. The average molecular weight is 295 g/mol. The highest BCUT2D eigenvalue weighted by atomic mass is 35.5. The Labute approximate surface area is 122 Å². The lowest BCUT2D eigenvalue weighted by Crippen LogP contribution is -2.37. The van der Waals surface area contributed by atoms with Crippen molar-refractivity contribution in [3.05, 3.63) is 70.5 Å². The first kappa shape index (κ1) is 15.0. The zero-order valence-corrected chi connectivity index (χ0v) is 11.6. The Hall–Kier alpha value is -1.42. The minimum atomic E-state index is -0.831. The topological polar surface area (TPSA) is 40.5 Å². The molecule has 0 amide bonds. The van der Waals surface area contributed by atoms with E-state index >= 15 is 0 Å². The number of benzene rings is 2. The Kier molecular flexibility index (Phi) is 4.76. The monoisotopic (exact) mass is 294 g/mol. The fourth-order valence-electron chi connectivity index (χ4n) is 2.27. The van der Waals surface area contributed by atoms with Gasteiger partial charge in [-0.3, -0.25) is 0 Å². The Morgan fingerprint density at radius 1 is 1.00 bits per heavy atom. The van der Waals surface area contributed by atoms with Crippen LogP contribution in [0.25, 0.3) is 0 Å². The third kappa shape index (κ3) is 3.01. The molecule has 2 nitrogen and oxygen atoms in total. The lowest BCUT2D eigenvalue weighted by molar-refractivity contribution is 0.116. The molecule has 2 N–H and O–H groups in total. The second-order valence-electron chi connectivity index (χ2n) is 4.88. The molecule has 0 saturated carbocycles. The molecule has 0 fully saturated rings. The second-order valence-corrected chi connectivity index (χ2v) is 5.28. The normalized spacial score (nSPS) is 11.6. The fraction of sp³-hybridized carbons (Fsp3) is 0.250. The van der Waals surface area contributed by atoms with Gasteiger partial charge >= 0.3 is 0 Å². The van der Waals surface area contributed by atoms with Crippen LogP contribution in [0.4, 0.5) is 4.39 Å². The van der Waals surface area contributed by atoms with Crippen molar-refractivity contribution in [3.63, 3.8) is 0 Å². The molecule has 2 rings (SSSR count). The van der Waals surface area contributed by atoms with Gasteiger partial charge in [-0.25, -0.2) is 4.39 Å². The van der Waals surface area contributed by atoms with E-state index in [2.05, 4.69) is 0 Å². The zero-order valence-electron chi connectivity index (χ0n) is 10.9. The summed E-state index contributed by atoms with van der Waals surface area (Å²) in [5.41, 5.74) is 0.688. The molecule has 0 radical (unpaired) electrons. The fourth-order valence-corrected chi connectivity index (χ4v) is 2.50. The summed E-state index contributed by atoms with van der Waals surface area (Å²) < 4.78 is 13.1. The van der Waals surface area contributed by atoms with Crippen molar-refractivity contribution in [2.75, 3.05) is 13.2 Å². The summed E-state index contributed by atoms with van der Waals surface area (Å²) in [6.45, 7) is -0.442. The Morgan fingerprint density at radius 2 is 1.65 bits per heavy atom. The largest absolute Gasteiger partial charge is 0.395 e. The van der Waals surface area contributed by atoms with E-state index in [9.17, 15) is 14.6 Å². The van der Waals surface area contributed by atoms with Crippen LogP contribution in [0.15, 0.2) is 48.5 Å². The van der Waals surface area contributed by atoms with Crippen LogP contribution in [0.5, 0.6) is 0 Å². The molecule has 0 unspecified atom stereocenters. The van der Waals surface area contributed by atoms with Gasteiger partial charge in [0.25, 0.3) is 0 Å². The van der Waals surface area contributed by atoms with Crippen molar-refractivity contribution in [2.45, 2.75) is 11.8 Å². The molecular weight excluding hydrogens is 279 g/mol. The van der Waals surface area contributed by atoms with E-state index in [1.165, 1.54) is 12.1 Å². The highest BCUT2D eigenvalue weighted by Crippen LogP contribution is 2.31. The maximum Gasteiger partial charge on any atom is 0.124 e. The SMILES string of the molecule is OCC(CO)(Cc1ccc(F)cc1Cl)c1ccccc1. The van der Waals surface area contributed by atoms with Crippen LogP contribution in [0.1, 0.15) is 11.1 Å². The Bertz CT molecular complexity index is 568. The molecule has 0 saturated heterocycles. The summed E-state index contributed by atoms with van der Waals surface area (Å²) in [7, 11) is 0. The lowest BCUT2D eigenvalue weighted by atomic mass is 9.77. The predicted octanol–water partition coefficient (Wildman–Crippen LogP) is 2.94. The number of hydrogen-bond donors (Lipinski definition) is 2. The molecule has 20 heavy (non-hydrogen) atoms. The Balaban J connectivity index is 2.39. The van der Waals surface area contributed by atoms with Crippen molar-refractivity contribution in [2.24, 2.45) is 0 Å². The van der Waals surface area contributed by atoms with Crippen LogP contribution in [0.2, 0.25) is 5.02 Å². The lowest BCUT2D eigenvalue weighted by Gasteiger charge is -2.31. The van der Waals surface area contributed by atoms with E-state index < -0.39 is 11.2 Å². The second kappa shape index (κ2) is 6.35. The van der Waals surface area contributed by atoms with Crippen LogP contribution < -0.4 is 0 Å². The third-order valence-corrected chi connectivity index (χ3v) is 3.89. The van der Waals surface area contributed by atoms with Gasteiger partial charge in [-0.2, -0.15) is 0 Å². The van der Waals surface area contributed by atoms with Gasteiger partial charge in [-0.15, -0.1) is 0 Å². The van der Waals surface area contributed by atoms with E-state index in [0.29, 0.717) is 17.0 Å². The summed E-state index contributed by atoms with van der Waals surface area (Å²) in [5, 5.41) is 19.8. The minimum absolute atomic E-state index is 0.221. The molecule has 4 heteroatoms. The molecule has 0 aromatic heterocycles. The summed E-state index contributed by atoms with van der Waals surface area (Å²) in [6.07, 6.45) is 0.336. The summed E-state index contributed by atoms with van der Waals surface area (Å²) >= 11 is 6.03. The van der Waals surface area contributed by atoms with Gasteiger partial charge in [0, 0.05) is 10.4 Å². The van der Waals surface area contributed by atoms with Gasteiger partial charge in [0.15, 0.2) is 0 Å². The number of aliphatic hydroxyl groups is 2. The highest BCUT2D eigenvalue weighted by Gasteiger charge is 2.32. The van der Waals surface area contributed by atoms with Crippen LogP contribution >= 0.6 is 11.6 Å². The molecule has 106 valence electrons. The van der Waals surface area contributed by atoms with E-state index in [0.717, 1.165) is 5.56 Å². The van der Waals surface area contributed by atoms with Gasteiger partial charge in [0.2, 0.25) is 0 Å². The molecule has 0 heterocycles. The van der Waals surface area contributed by atoms with Crippen molar-refractivity contribution in [3.8, 4) is 0 Å². The first-order valence-corrected chi connectivity index (χ1v) is 6.70. The molecule has 0 bridgehead atoms. The summed E-state index contributed by atoms with van der Waals surface area (Å²) in [5.74, 6) is -0.406. The standard InChI is InChI=1S/C16H16ClFO2/c17-15-8-14(18)7-6-12(15)9-16(10-19,11-20)13-4-2-1-3-5-13/h1-8,19-20H,9-11H2. The van der Waals surface area contributed by atoms with Crippen LogP contribution in [0.3, 0.4) is 0 Å². The van der Waals surface area contributed by atoms with Gasteiger partial charge in [0.05, 0.1) is 13.2 Å². The summed E-state index contributed by atoms with van der Waals surface area (Å²) in [6, 6.07) is 13.4. The summed E-state index contributed by atoms with van der Waals surface area (Å²) in [4.78, 5) is 0. The molecule has 0 spiro atoms. The minimum Gasteiger partial charge on any atom is -0.395 e. The van der Waals surface area contributed by atoms with Crippen LogP contribution in [-0.2, 0) is 11.8 Å². The van der Waals surface area contributed by atoms with Gasteiger partial charge in [-0.05, 0) is 29.7 Å². The zero-order chi connectivity index (χ0) is 14.6. The molecule has 0 atom stereocenters. The molecule has 0 aliphatic rings. The maximum absolute atomic E-state index is 13.1. The molecule has 0 aliphatic carbocycles. The van der Waals surface area contributed by atoms with Crippen molar-refractivity contribution >= 4 is 11.6 Å². The molecule has 2 aromatic rings. The smallest absolute Gasteiger partial charge is 0.124 e. The number of hydrogen-bond acceptors (Lipinski definition) is 2. The van der Waals surface area contributed by atoms with E-state index in [1.807, 2.05) is 30.3 Å². The van der Waals surface area contributed by atoms with E-state index in [1.54, 1.807) is 6.07 Å². The average Bonchev–Trinajstić information content (AvgIpc) is 2.48. The maximum atomic E-state index is 13.1. The van der Waals surface area contributed by atoms with Crippen LogP contribution in [-0.4, -0.2) is 23.4 Å². The van der Waals surface area contributed by atoms with E-state index in [-0.39, 0.29) is 13.2 Å². The number of aliphatic hydroxyl groups excluding tert-OH is 2. The van der Waals surface area contributed by atoms with Gasteiger partial charge < -0.3 is 10.2 Å². The van der Waals surface area contributed by atoms with Crippen LogP contribution in [0, 0.1) is 5.82 Å². The first-order chi connectivity index (χ1) is 9.61. The highest BCUT2D eigenvalue weighted by molar-refractivity contribution is 6.31.